The van der Waals surface area contributed by atoms with Gasteiger partial charge in [-0.2, -0.15) is 25.5 Å². The zero-order valence-electron chi connectivity index (χ0n) is 53.5. The normalized spacial score (nSPS) is 18.2. The molecular weight excluding hydrogens is 1150 g/mol. The molecule has 0 saturated carbocycles. The molecule has 0 bridgehead atoms. The van der Waals surface area contributed by atoms with Gasteiger partial charge in [0.05, 0.1) is 75.0 Å². The second kappa shape index (κ2) is 24.5. The van der Waals surface area contributed by atoms with Gasteiger partial charge in [0.2, 0.25) is 0 Å². The van der Waals surface area contributed by atoms with E-state index >= 15 is 13.2 Å². The van der Waals surface area contributed by atoms with Gasteiger partial charge in [-0.3, -0.25) is 0 Å². The molecule has 3 aliphatic rings. The zero-order valence-corrected chi connectivity index (χ0v) is 53.5. The molecule has 1 unspecified atom stereocenters. The van der Waals surface area contributed by atoms with Crippen molar-refractivity contribution < 1.29 is 13.2 Å². The maximum atomic E-state index is 15.1. The molecule has 1 N–H and O–H groups in total. The van der Waals surface area contributed by atoms with Crippen LogP contribution in [-0.2, 0) is 0 Å². The molecule has 0 aliphatic carbocycles. The summed E-state index contributed by atoms with van der Waals surface area (Å²) in [6.07, 6.45) is 10.8. The van der Waals surface area contributed by atoms with Gasteiger partial charge in [0, 0.05) is 89.1 Å². The highest BCUT2D eigenvalue weighted by Crippen LogP contribution is 2.35. The van der Waals surface area contributed by atoms with Gasteiger partial charge >= 0.3 is 0 Å². The van der Waals surface area contributed by atoms with Crippen LogP contribution in [0.4, 0.5) is 24.8 Å². The fourth-order valence-electron chi connectivity index (χ4n) is 13.2. The molecular formula is C68H75F3N20. The lowest BCUT2D eigenvalue weighted by Gasteiger charge is -2.35. The number of piperidine rings is 2. The van der Waals surface area contributed by atoms with Crippen LogP contribution in [0.15, 0.2) is 91.4 Å². The minimum Gasteiger partial charge on any atom is -0.355 e. The summed E-state index contributed by atoms with van der Waals surface area (Å²) in [4.78, 5) is 22.3. The highest BCUT2D eigenvalue weighted by atomic mass is 19.1. The van der Waals surface area contributed by atoms with E-state index in [1.54, 1.807) is 25.7 Å². The molecule has 468 valence electrons. The lowest BCUT2D eigenvalue weighted by Crippen LogP contribution is -2.42. The molecule has 0 spiro atoms. The summed E-state index contributed by atoms with van der Waals surface area (Å²) in [5.41, 5.74) is 14.6. The van der Waals surface area contributed by atoms with Gasteiger partial charge in [0.25, 0.3) is 0 Å². The van der Waals surface area contributed by atoms with Crippen LogP contribution in [0.2, 0.25) is 0 Å². The van der Waals surface area contributed by atoms with E-state index in [0.29, 0.717) is 96.6 Å². The van der Waals surface area contributed by atoms with Gasteiger partial charge in [-0.05, 0) is 205 Å². The molecule has 3 aliphatic heterocycles. The number of halogens is 3. The molecule has 12 heterocycles. The predicted octanol–water partition coefficient (Wildman–Crippen LogP) is 11.2. The van der Waals surface area contributed by atoms with E-state index in [1.807, 2.05) is 109 Å². The van der Waals surface area contributed by atoms with Crippen molar-refractivity contribution in [3.8, 4) is 33.8 Å². The average Bonchev–Trinajstić information content (AvgIpc) is 1.66. The lowest BCUT2D eigenvalue weighted by atomic mass is 9.86. The maximum absolute atomic E-state index is 15.1. The number of anilines is 2. The average molecular weight is 1230 g/mol. The van der Waals surface area contributed by atoms with Gasteiger partial charge in [-0.25, -0.2) is 41.7 Å². The zero-order chi connectivity index (χ0) is 63.7. The Morgan fingerprint density at radius 3 is 1.22 bits per heavy atom. The highest BCUT2D eigenvalue weighted by molar-refractivity contribution is 5.88. The number of rotatable bonds is 8. The first-order valence-corrected chi connectivity index (χ1v) is 31.2. The molecule has 91 heavy (non-hydrogen) atoms. The molecule has 0 radical (unpaired) electrons. The number of hydrogen-bond acceptors (Lipinski definition) is 17. The van der Waals surface area contributed by atoms with E-state index in [2.05, 4.69) is 128 Å². The van der Waals surface area contributed by atoms with Gasteiger partial charge in [-0.1, -0.05) is 0 Å². The molecule has 3 aromatic carbocycles. The Kier molecular flexibility index (Phi) is 16.4. The SMILES string of the molecule is Cc1cn2nc(-c3cc(F)c4cc(C5C[C@@H](C)N[C@@H](C)C5)nnc4c3)cc(C)c2n1.Cc1cn2nc(-c3cc(F)c4cc(N5CCC(N(C)C)CC5)nnc4c3)cc(C)c2n1.Cc1cn2nc(-c3cc(F)c4cc(N5CC[C@H](N(C)C)C5)nnc4c3)cc(C)c2n1. The maximum Gasteiger partial charge on any atom is 0.156 e. The number of hydrogen-bond donors (Lipinski definition) is 1. The van der Waals surface area contributed by atoms with Crippen LogP contribution in [0, 0.1) is 59.0 Å². The van der Waals surface area contributed by atoms with Crippen molar-refractivity contribution in [2.75, 3.05) is 64.2 Å². The number of nitrogens with zero attached hydrogens (tertiary/aromatic N) is 19. The van der Waals surface area contributed by atoms with Crippen LogP contribution in [0.3, 0.4) is 0 Å². The molecule has 12 aromatic rings. The Morgan fingerprint density at radius 1 is 0.440 bits per heavy atom. The van der Waals surface area contributed by atoms with Crippen molar-refractivity contribution in [2.24, 2.45) is 0 Å². The number of nitrogens with one attached hydrogen (secondary N) is 1. The Bertz CT molecular complexity index is 4730. The van der Waals surface area contributed by atoms with Gasteiger partial charge in [-0.15, -0.1) is 20.4 Å². The Hall–Kier alpha value is -9.19. The topological polar surface area (TPSA) is 193 Å². The Morgan fingerprint density at radius 2 is 0.813 bits per heavy atom. The first kappa shape index (κ1) is 60.7. The third kappa shape index (κ3) is 12.4. The van der Waals surface area contributed by atoms with Crippen LogP contribution in [0.25, 0.3) is 83.4 Å². The molecule has 23 heteroatoms. The summed E-state index contributed by atoms with van der Waals surface area (Å²) >= 11 is 0. The monoisotopic (exact) mass is 1230 g/mol. The summed E-state index contributed by atoms with van der Waals surface area (Å²) in [5.74, 6) is 0.832. The van der Waals surface area contributed by atoms with E-state index in [0.717, 1.165) is 126 Å². The minimum atomic E-state index is -0.316. The van der Waals surface area contributed by atoms with E-state index in [4.69, 9.17) is 0 Å². The van der Waals surface area contributed by atoms with Crippen molar-refractivity contribution in [3.05, 3.63) is 148 Å². The molecule has 15 rings (SSSR count). The number of imidazole rings is 3. The summed E-state index contributed by atoms with van der Waals surface area (Å²) in [7, 11) is 8.40. The van der Waals surface area contributed by atoms with Gasteiger partial charge in [0.15, 0.2) is 28.6 Å². The molecule has 4 atom stereocenters. The van der Waals surface area contributed by atoms with Gasteiger partial charge in [0.1, 0.15) is 17.5 Å². The van der Waals surface area contributed by atoms with E-state index in [9.17, 15) is 0 Å². The third-order valence-electron chi connectivity index (χ3n) is 18.0. The highest BCUT2D eigenvalue weighted by Gasteiger charge is 2.29. The molecule has 3 saturated heterocycles. The van der Waals surface area contributed by atoms with Crippen LogP contribution in [0.1, 0.15) is 91.3 Å². The summed E-state index contributed by atoms with van der Waals surface area (Å²) in [6.45, 7) is 19.7. The van der Waals surface area contributed by atoms with Crippen molar-refractivity contribution >= 4 is 61.3 Å². The van der Waals surface area contributed by atoms with Crippen LogP contribution < -0.4 is 15.1 Å². The second-order valence-corrected chi connectivity index (χ2v) is 25.6. The summed E-state index contributed by atoms with van der Waals surface area (Å²) in [6, 6.07) is 23.3. The fourth-order valence-corrected chi connectivity index (χ4v) is 13.2. The van der Waals surface area contributed by atoms with E-state index < -0.39 is 0 Å². The number of aryl methyl sites for hydroxylation is 6. The van der Waals surface area contributed by atoms with Crippen LogP contribution >= 0.6 is 0 Å². The molecule has 3 fully saturated rings. The predicted molar refractivity (Wildman–Crippen MR) is 350 cm³/mol. The first-order chi connectivity index (χ1) is 43.6. The van der Waals surface area contributed by atoms with Crippen molar-refractivity contribution in [1.29, 1.82) is 0 Å². The van der Waals surface area contributed by atoms with Crippen molar-refractivity contribution in [1.82, 2.24) is 89.5 Å². The van der Waals surface area contributed by atoms with E-state index in [-0.39, 0.29) is 17.5 Å². The molecule has 9 aromatic heterocycles. The number of benzene rings is 3. The van der Waals surface area contributed by atoms with Crippen molar-refractivity contribution in [2.45, 2.75) is 118 Å². The smallest absolute Gasteiger partial charge is 0.156 e. The number of likely N-dealkylation sites (N-methyl/N-ethyl adjacent to an activating group) is 1. The van der Waals surface area contributed by atoms with Crippen LogP contribution in [-0.4, -0.2) is 163 Å². The third-order valence-corrected chi connectivity index (χ3v) is 18.0. The molecule has 0 amide bonds. The van der Waals surface area contributed by atoms with Crippen molar-refractivity contribution in [3.63, 3.8) is 0 Å². The van der Waals surface area contributed by atoms with Gasteiger partial charge < -0.3 is 24.9 Å². The first-order valence-electron chi connectivity index (χ1n) is 31.2. The largest absolute Gasteiger partial charge is 0.355 e. The standard InChI is InChI=1S/C23H26FN7.C23H25FN6.C22H24FN7/c1-14-9-20(28-31-13-15(2)25-23(14)31)16-10-19(24)18-12-22(27-26-21(18)11-16)30-7-5-17(6-8-30)29(3)4;1-12-5-21(29-30-11-15(4)26-23(12)30)17-8-19(24)18-10-20(27-28-22(18)9-17)16-6-13(2)25-14(3)7-16;1-13-7-19(27-30-11-14(2)24-22(13)30)15-8-18(23)17-10-21(26-25-20(17)9-15)29-6-5-16(12-29)28(3)4/h9-13,17H,5-8H2,1-4H3;5,8-11,13-14,16,25H,6-7H2,1-4H3;7-11,16H,5-6,12H2,1-4H3/t;13-,14+,16?;16-/m..0/s1. The number of aromatic nitrogens is 15. The van der Waals surface area contributed by atoms with Crippen LogP contribution in [0.5, 0.6) is 0 Å². The second-order valence-electron chi connectivity index (χ2n) is 25.6. The lowest BCUT2D eigenvalue weighted by molar-refractivity contribution is 0.249. The van der Waals surface area contributed by atoms with E-state index in [1.165, 1.54) is 12.1 Å². The Labute approximate surface area is 525 Å². The summed E-state index contributed by atoms with van der Waals surface area (Å²) < 4.78 is 50.6. The fraction of sp³-hybridized carbons (Fsp3) is 0.382. The quantitative estimate of drug-likeness (QED) is 0.151. The molecule has 20 nitrogen and oxygen atoms in total. The number of fused-ring (bicyclic) bond motifs is 6. The minimum absolute atomic E-state index is 0.295. The Balaban J connectivity index is 0.000000125. The summed E-state index contributed by atoms with van der Waals surface area (Å²) in [5, 5.41) is 45.2.